The van der Waals surface area contributed by atoms with Crippen LogP contribution in [0.4, 0.5) is 0 Å². The molecule has 1 heterocycles. The van der Waals surface area contributed by atoms with Crippen molar-refractivity contribution in [3.63, 3.8) is 0 Å². The Morgan fingerprint density at radius 3 is 2.47 bits per heavy atom. The van der Waals surface area contributed by atoms with E-state index in [0.29, 0.717) is 0 Å². The standard InChI is InChI=1S/C13H14N2OS/c1-9-7-8-14-13(15-9)17-12-5-3-11(4-6-12)10(2)16/h3-8,10,16H,1-2H3/t10-/m1/s1. The Morgan fingerprint density at radius 1 is 1.18 bits per heavy atom. The van der Waals surface area contributed by atoms with Crippen molar-refractivity contribution in [2.75, 3.05) is 0 Å². The third-order valence-electron chi connectivity index (χ3n) is 2.34. The highest BCUT2D eigenvalue weighted by Crippen LogP contribution is 2.25. The van der Waals surface area contributed by atoms with Gasteiger partial charge in [-0.2, -0.15) is 0 Å². The fourth-order valence-electron chi connectivity index (χ4n) is 1.39. The first kappa shape index (κ1) is 12.1. The van der Waals surface area contributed by atoms with Gasteiger partial charge in [0.1, 0.15) is 0 Å². The molecule has 0 aliphatic carbocycles. The molecule has 0 saturated heterocycles. The summed E-state index contributed by atoms with van der Waals surface area (Å²) in [6.45, 7) is 3.70. The molecule has 1 atom stereocenters. The maximum atomic E-state index is 9.41. The molecular weight excluding hydrogens is 232 g/mol. The van der Waals surface area contributed by atoms with Crippen LogP contribution in [0.1, 0.15) is 24.3 Å². The maximum Gasteiger partial charge on any atom is 0.192 e. The predicted octanol–water partition coefficient (Wildman–Crippen LogP) is 2.99. The number of aliphatic hydroxyl groups excluding tert-OH is 1. The minimum atomic E-state index is -0.427. The molecule has 1 N–H and O–H groups in total. The minimum Gasteiger partial charge on any atom is -0.389 e. The molecule has 1 aromatic heterocycles. The van der Waals surface area contributed by atoms with Gasteiger partial charge in [0.05, 0.1) is 6.10 Å². The summed E-state index contributed by atoms with van der Waals surface area (Å²) >= 11 is 1.52. The normalized spacial score (nSPS) is 12.4. The van der Waals surface area contributed by atoms with Crippen molar-refractivity contribution in [1.82, 2.24) is 9.97 Å². The lowest BCUT2D eigenvalue weighted by Gasteiger charge is -2.05. The lowest BCUT2D eigenvalue weighted by molar-refractivity contribution is 0.199. The molecule has 0 radical (unpaired) electrons. The van der Waals surface area contributed by atoms with E-state index in [1.165, 1.54) is 11.8 Å². The zero-order valence-electron chi connectivity index (χ0n) is 9.79. The van der Waals surface area contributed by atoms with E-state index in [9.17, 15) is 5.11 Å². The van der Waals surface area contributed by atoms with Crippen LogP contribution in [0.15, 0.2) is 46.6 Å². The van der Waals surface area contributed by atoms with Crippen LogP contribution >= 0.6 is 11.8 Å². The van der Waals surface area contributed by atoms with Crippen molar-refractivity contribution in [3.05, 3.63) is 47.8 Å². The van der Waals surface area contributed by atoms with Crippen molar-refractivity contribution in [3.8, 4) is 0 Å². The Morgan fingerprint density at radius 2 is 1.88 bits per heavy atom. The summed E-state index contributed by atoms with van der Waals surface area (Å²) in [5.41, 5.74) is 1.88. The number of benzene rings is 1. The fraction of sp³-hybridized carbons (Fsp3) is 0.231. The first-order valence-electron chi connectivity index (χ1n) is 5.40. The number of rotatable bonds is 3. The molecule has 0 bridgehead atoms. The molecule has 0 spiro atoms. The quantitative estimate of drug-likeness (QED) is 0.846. The second-order valence-corrected chi connectivity index (χ2v) is 4.87. The Balaban J connectivity index is 2.14. The van der Waals surface area contributed by atoms with Gasteiger partial charge in [0.25, 0.3) is 0 Å². The topological polar surface area (TPSA) is 46.0 Å². The number of aryl methyl sites for hydroxylation is 1. The molecule has 4 heteroatoms. The van der Waals surface area contributed by atoms with Crippen molar-refractivity contribution >= 4 is 11.8 Å². The number of aromatic nitrogens is 2. The van der Waals surface area contributed by atoms with Gasteiger partial charge in [0.15, 0.2) is 5.16 Å². The summed E-state index contributed by atoms with van der Waals surface area (Å²) in [4.78, 5) is 9.59. The third-order valence-corrected chi connectivity index (χ3v) is 3.23. The van der Waals surface area contributed by atoms with E-state index in [4.69, 9.17) is 0 Å². The van der Waals surface area contributed by atoms with Gasteiger partial charge in [-0.3, -0.25) is 0 Å². The van der Waals surface area contributed by atoms with Crippen LogP contribution in [-0.2, 0) is 0 Å². The molecule has 0 aliphatic rings. The van der Waals surface area contributed by atoms with Gasteiger partial charge in [0.2, 0.25) is 0 Å². The summed E-state index contributed by atoms with van der Waals surface area (Å²) in [6, 6.07) is 9.66. The van der Waals surface area contributed by atoms with E-state index in [0.717, 1.165) is 21.3 Å². The Labute approximate surface area is 105 Å². The fourth-order valence-corrected chi connectivity index (χ4v) is 2.18. The van der Waals surface area contributed by atoms with Crippen LogP contribution in [-0.4, -0.2) is 15.1 Å². The highest BCUT2D eigenvalue weighted by Gasteiger charge is 2.03. The highest BCUT2D eigenvalue weighted by atomic mass is 32.2. The summed E-state index contributed by atoms with van der Waals surface area (Å²) < 4.78 is 0. The van der Waals surface area contributed by atoms with Crippen LogP contribution < -0.4 is 0 Å². The molecule has 0 amide bonds. The van der Waals surface area contributed by atoms with E-state index in [2.05, 4.69) is 9.97 Å². The lowest BCUT2D eigenvalue weighted by atomic mass is 10.1. The second kappa shape index (κ2) is 5.29. The molecule has 88 valence electrons. The van der Waals surface area contributed by atoms with E-state index >= 15 is 0 Å². The van der Waals surface area contributed by atoms with Gasteiger partial charge in [-0.1, -0.05) is 12.1 Å². The van der Waals surface area contributed by atoms with Gasteiger partial charge in [-0.05, 0) is 49.4 Å². The maximum absolute atomic E-state index is 9.41. The number of aliphatic hydroxyl groups is 1. The Bertz CT molecular complexity index is 497. The van der Waals surface area contributed by atoms with Crippen LogP contribution in [0.5, 0.6) is 0 Å². The van der Waals surface area contributed by atoms with E-state index in [1.807, 2.05) is 37.3 Å². The Hall–Kier alpha value is -1.39. The molecule has 0 saturated carbocycles. The third kappa shape index (κ3) is 3.28. The van der Waals surface area contributed by atoms with E-state index in [1.54, 1.807) is 13.1 Å². The van der Waals surface area contributed by atoms with Crippen LogP contribution in [0, 0.1) is 6.92 Å². The molecule has 0 fully saturated rings. The summed E-state index contributed by atoms with van der Waals surface area (Å²) in [7, 11) is 0. The van der Waals surface area contributed by atoms with Gasteiger partial charge < -0.3 is 5.11 Å². The van der Waals surface area contributed by atoms with Crippen molar-refractivity contribution in [1.29, 1.82) is 0 Å². The zero-order chi connectivity index (χ0) is 12.3. The monoisotopic (exact) mass is 246 g/mol. The van der Waals surface area contributed by atoms with Gasteiger partial charge in [-0.25, -0.2) is 9.97 Å². The molecular formula is C13H14N2OS. The summed E-state index contributed by atoms with van der Waals surface area (Å²) in [6.07, 6.45) is 1.33. The van der Waals surface area contributed by atoms with E-state index in [-0.39, 0.29) is 0 Å². The summed E-state index contributed by atoms with van der Waals surface area (Å²) in [5.74, 6) is 0. The molecule has 0 aliphatic heterocycles. The number of hydrogen-bond acceptors (Lipinski definition) is 4. The van der Waals surface area contributed by atoms with Gasteiger partial charge in [0, 0.05) is 16.8 Å². The predicted molar refractivity (Wildman–Crippen MR) is 68.0 cm³/mol. The number of hydrogen-bond donors (Lipinski definition) is 1. The van der Waals surface area contributed by atoms with Crippen LogP contribution in [0.25, 0.3) is 0 Å². The van der Waals surface area contributed by atoms with Crippen molar-refractivity contribution in [2.24, 2.45) is 0 Å². The van der Waals surface area contributed by atoms with E-state index < -0.39 is 6.10 Å². The van der Waals surface area contributed by atoms with Crippen molar-refractivity contribution in [2.45, 2.75) is 30.0 Å². The zero-order valence-corrected chi connectivity index (χ0v) is 10.6. The lowest BCUT2D eigenvalue weighted by Crippen LogP contribution is -1.90. The first-order chi connectivity index (χ1) is 8.15. The molecule has 2 rings (SSSR count). The smallest absolute Gasteiger partial charge is 0.192 e. The van der Waals surface area contributed by atoms with Crippen LogP contribution in [0.3, 0.4) is 0 Å². The second-order valence-electron chi connectivity index (χ2n) is 3.83. The average Bonchev–Trinajstić information content (AvgIpc) is 2.29. The van der Waals surface area contributed by atoms with Gasteiger partial charge >= 0.3 is 0 Å². The summed E-state index contributed by atoms with van der Waals surface area (Å²) in [5, 5.41) is 10.2. The molecule has 17 heavy (non-hydrogen) atoms. The average molecular weight is 246 g/mol. The Kier molecular flexibility index (Phi) is 3.76. The molecule has 1 aromatic carbocycles. The first-order valence-corrected chi connectivity index (χ1v) is 6.22. The molecule has 2 aromatic rings. The molecule has 3 nitrogen and oxygen atoms in total. The van der Waals surface area contributed by atoms with Gasteiger partial charge in [-0.15, -0.1) is 0 Å². The highest BCUT2D eigenvalue weighted by molar-refractivity contribution is 7.99. The SMILES string of the molecule is Cc1ccnc(Sc2ccc([C@@H](C)O)cc2)n1. The molecule has 0 unspecified atom stereocenters. The largest absolute Gasteiger partial charge is 0.389 e. The minimum absolute atomic E-state index is 0.427. The van der Waals surface area contributed by atoms with Crippen molar-refractivity contribution < 1.29 is 5.11 Å². The number of nitrogens with zero attached hydrogens (tertiary/aromatic N) is 2. The van der Waals surface area contributed by atoms with Crippen LogP contribution in [0.2, 0.25) is 0 Å².